The molecule has 0 aliphatic rings. The molecule has 0 aromatic carbocycles. The van der Waals surface area contributed by atoms with Gasteiger partial charge in [-0.2, -0.15) is 5.10 Å². The first-order valence-electron chi connectivity index (χ1n) is 3.55. The lowest BCUT2D eigenvalue weighted by molar-refractivity contribution is 0.560. The first-order valence-corrected chi connectivity index (χ1v) is 4.69. The number of halogens is 3. The molecule has 0 radical (unpaired) electrons. The molecule has 0 fully saturated rings. The number of alkyl halides is 3. The molecule has 1 rings (SSSR count). The summed E-state index contributed by atoms with van der Waals surface area (Å²) in [6, 6.07) is 0. The van der Waals surface area contributed by atoms with Gasteiger partial charge in [-0.05, 0) is 0 Å². The summed E-state index contributed by atoms with van der Waals surface area (Å²) in [7, 11) is 1.61. The lowest BCUT2D eigenvalue weighted by Crippen LogP contribution is -2.24. The van der Waals surface area contributed by atoms with Crippen molar-refractivity contribution in [3.63, 3.8) is 0 Å². The molecule has 74 valence electrons. The van der Waals surface area contributed by atoms with Crippen molar-refractivity contribution in [1.29, 1.82) is 0 Å². The van der Waals surface area contributed by atoms with E-state index in [1.165, 1.54) is 15.6 Å². The van der Waals surface area contributed by atoms with Gasteiger partial charge in [0, 0.05) is 13.5 Å². The average molecular weight is 245 g/mol. The fourth-order valence-electron chi connectivity index (χ4n) is 0.807. The monoisotopic (exact) mass is 243 g/mol. The lowest BCUT2D eigenvalue weighted by atomic mass is 10.5. The maximum absolute atomic E-state index is 11.2. The van der Waals surface area contributed by atoms with Crippen molar-refractivity contribution in [2.75, 3.05) is 0 Å². The molecule has 0 N–H and O–H groups in total. The van der Waals surface area contributed by atoms with E-state index in [1.54, 1.807) is 7.05 Å². The maximum atomic E-state index is 11.2. The van der Waals surface area contributed by atoms with Crippen molar-refractivity contribution in [2.24, 2.45) is 7.05 Å². The molecule has 1 aromatic rings. The Labute approximate surface area is 90.0 Å². The second-order valence-corrected chi connectivity index (χ2v) is 5.13. The van der Waals surface area contributed by atoms with Gasteiger partial charge in [-0.1, -0.05) is 34.8 Å². The van der Waals surface area contributed by atoms with Crippen molar-refractivity contribution < 1.29 is 0 Å². The van der Waals surface area contributed by atoms with Crippen LogP contribution in [0, 0.1) is 0 Å². The Morgan fingerprint density at radius 1 is 1.54 bits per heavy atom. The summed E-state index contributed by atoms with van der Waals surface area (Å²) in [5.74, 6) is 0. The molecule has 0 atom stereocenters. The average Bonchev–Trinajstić information content (AvgIpc) is 2.29. The molecule has 0 amide bonds. The molecule has 0 aliphatic carbocycles. The third kappa shape index (κ3) is 3.21. The van der Waals surface area contributed by atoms with Crippen LogP contribution in [0.4, 0.5) is 0 Å². The minimum absolute atomic E-state index is 0.214. The zero-order valence-electron chi connectivity index (χ0n) is 6.88. The van der Waals surface area contributed by atoms with Crippen molar-refractivity contribution >= 4 is 34.8 Å². The first-order chi connectivity index (χ1) is 5.90. The van der Waals surface area contributed by atoms with Gasteiger partial charge in [-0.25, -0.2) is 9.48 Å². The molecule has 1 aromatic heterocycles. The zero-order chi connectivity index (χ0) is 10.1. The smallest absolute Gasteiger partial charge is 0.285 e. The van der Waals surface area contributed by atoms with Crippen LogP contribution in [0.1, 0.15) is 6.42 Å². The number of rotatable bonds is 2. The van der Waals surface area contributed by atoms with E-state index in [-0.39, 0.29) is 12.1 Å². The van der Waals surface area contributed by atoms with Gasteiger partial charge in [0.1, 0.15) is 6.33 Å². The number of nitrogens with zero attached hydrogens (tertiary/aromatic N) is 3. The summed E-state index contributed by atoms with van der Waals surface area (Å²) in [6.45, 7) is 0.302. The fraction of sp³-hybridized carbons (Fsp3) is 0.667. The largest absolute Gasteiger partial charge is 0.345 e. The Morgan fingerprint density at radius 3 is 2.54 bits per heavy atom. The van der Waals surface area contributed by atoms with Gasteiger partial charge < -0.3 is 0 Å². The van der Waals surface area contributed by atoms with Gasteiger partial charge in [0.15, 0.2) is 3.79 Å². The van der Waals surface area contributed by atoms with Crippen LogP contribution >= 0.6 is 34.8 Å². The van der Waals surface area contributed by atoms with Gasteiger partial charge in [0.2, 0.25) is 0 Å². The van der Waals surface area contributed by atoms with Crippen molar-refractivity contribution in [2.45, 2.75) is 16.8 Å². The number of aryl methyl sites for hydroxylation is 2. The molecule has 0 saturated heterocycles. The number of hydrogen-bond acceptors (Lipinski definition) is 2. The van der Waals surface area contributed by atoms with Crippen LogP contribution in [-0.4, -0.2) is 18.1 Å². The minimum atomic E-state index is -1.34. The Morgan fingerprint density at radius 2 is 2.15 bits per heavy atom. The normalized spacial score (nSPS) is 12.0. The van der Waals surface area contributed by atoms with Gasteiger partial charge in [-0.15, -0.1) is 0 Å². The molecule has 0 spiro atoms. The van der Waals surface area contributed by atoms with E-state index in [4.69, 9.17) is 34.8 Å². The van der Waals surface area contributed by atoms with E-state index in [0.717, 1.165) is 0 Å². The summed E-state index contributed by atoms with van der Waals surface area (Å²) in [6.07, 6.45) is 1.68. The van der Waals surface area contributed by atoms with E-state index < -0.39 is 3.79 Å². The first kappa shape index (κ1) is 10.9. The summed E-state index contributed by atoms with van der Waals surface area (Å²) in [4.78, 5) is 11.2. The lowest BCUT2D eigenvalue weighted by Gasteiger charge is -2.08. The molecule has 4 nitrogen and oxygen atoms in total. The molecule has 0 bridgehead atoms. The minimum Gasteiger partial charge on any atom is -0.285 e. The second kappa shape index (κ2) is 3.90. The van der Waals surface area contributed by atoms with Crippen LogP contribution in [0.3, 0.4) is 0 Å². The van der Waals surface area contributed by atoms with Crippen molar-refractivity contribution in [3.8, 4) is 0 Å². The topological polar surface area (TPSA) is 39.8 Å². The Balaban J connectivity index is 2.66. The number of aromatic nitrogens is 3. The summed E-state index contributed by atoms with van der Waals surface area (Å²) < 4.78 is 1.28. The van der Waals surface area contributed by atoms with E-state index in [1.807, 2.05) is 0 Å². The van der Waals surface area contributed by atoms with Crippen LogP contribution in [-0.2, 0) is 13.6 Å². The predicted octanol–water partition coefficient (Wildman–Crippen LogP) is 1.34. The van der Waals surface area contributed by atoms with Crippen molar-refractivity contribution in [3.05, 3.63) is 16.8 Å². The quantitative estimate of drug-likeness (QED) is 0.737. The molecule has 7 heteroatoms. The second-order valence-electron chi connectivity index (χ2n) is 2.61. The highest BCUT2D eigenvalue weighted by Crippen LogP contribution is 2.29. The van der Waals surface area contributed by atoms with Crippen LogP contribution < -0.4 is 5.69 Å². The Bertz CT molecular complexity index is 338. The Hall–Kier alpha value is -0.190. The van der Waals surface area contributed by atoms with E-state index in [0.29, 0.717) is 6.54 Å². The highest BCUT2D eigenvalue weighted by Gasteiger charge is 2.19. The fourth-order valence-corrected chi connectivity index (χ4v) is 1.06. The molecule has 0 saturated carbocycles. The molecule has 13 heavy (non-hydrogen) atoms. The van der Waals surface area contributed by atoms with Gasteiger partial charge in [0.25, 0.3) is 0 Å². The standard InChI is InChI=1S/C6H8Cl3N3O/c1-11-4-10-12(5(11)13)3-2-6(7,8)9/h4H,2-3H2,1H3. The van der Waals surface area contributed by atoms with E-state index in [9.17, 15) is 4.79 Å². The number of hydrogen-bond donors (Lipinski definition) is 0. The molecular weight excluding hydrogens is 236 g/mol. The van der Waals surface area contributed by atoms with E-state index >= 15 is 0 Å². The van der Waals surface area contributed by atoms with Crippen LogP contribution in [0.5, 0.6) is 0 Å². The molecular formula is C6H8Cl3N3O. The molecule has 0 aliphatic heterocycles. The van der Waals surface area contributed by atoms with Gasteiger partial charge in [-0.3, -0.25) is 4.57 Å². The molecule has 1 heterocycles. The summed E-state index contributed by atoms with van der Waals surface area (Å²) in [5.41, 5.74) is -0.214. The summed E-state index contributed by atoms with van der Waals surface area (Å²) in [5, 5.41) is 3.81. The third-order valence-corrected chi connectivity index (χ3v) is 2.06. The van der Waals surface area contributed by atoms with Crippen LogP contribution in [0.15, 0.2) is 11.1 Å². The maximum Gasteiger partial charge on any atom is 0.345 e. The van der Waals surface area contributed by atoms with Crippen LogP contribution in [0.25, 0.3) is 0 Å². The SMILES string of the molecule is Cn1cnn(CCC(Cl)(Cl)Cl)c1=O. The van der Waals surface area contributed by atoms with Gasteiger partial charge in [0.05, 0.1) is 6.54 Å². The van der Waals surface area contributed by atoms with Crippen molar-refractivity contribution in [1.82, 2.24) is 14.3 Å². The van der Waals surface area contributed by atoms with Crippen LogP contribution in [0.2, 0.25) is 0 Å². The molecule has 0 unspecified atom stereocenters. The third-order valence-electron chi connectivity index (χ3n) is 1.49. The summed E-state index contributed by atoms with van der Waals surface area (Å²) >= 11 is 16.6. The zero-order valence-corrected chi connectivity index (χ0v) is 9.14. The van der Waals surface area contributed by atoms with E-state index in [2.05, 4.69) is 5.10 Å². The Kier molecular flexibility index (Phi) is 3.27. The highest BCUT2D eigenvalue weighted by molar-refractivity contribution is 6.67. The highest BCUT2D eigenvalue weighted by atomic mass is 35.6. The predicted molar refractivity (Wildman–Crippen MR) is 52.4 cm³/mol. The van der Waals surface area contributed by atoms with Gasteiger partial charge >= 0.3 is 5.69 Å².